The molecule has 9 nitrogen and oxygen atoms in total. The van der Waals surface area contributed by atoms with Gasteiger partial charge < -0.3 is 14.9 Å². The van der Waals surface area contributed by atoms with Crippen molar-refractivity contribution in [3.05, 3.63) is 12.2 Å². The number of nitrogens with one attached hydrogen (secondary N) is 1. The second-order valence-electron chi connectivity index (χ2n) is 6.83. The number of carbonyl (C=O) groups excluding carboxylic acids is 1. The highest BCUT2D eigenvalue weighted by molar-refractivity contribution is 5.76. The second-order valence-corrected chi connectivity index (χ2v) is 6.83. The lowest BCUT2D eigenvalue weighted by Gasteiger charge is -2.34. The molecule has 3 rings (SSSR count). The molecule has 0 aromatic carbocycles. The highest BCUT2D eigenvalue weighted by atomic mass is 16.3. The van der Waals surface area contributed by atoms with E-state index in [1.807, 2.05) is 4.90 Å². The number of amides is 1. The van der Waals surface area contributed by atoms with Crippen molar-refractivity contribution in [3.8, 4) is 0 Å². The molecule has 9 heteroatoms. The van der Waals surface area contributed by atoms with Crippen LogP contribution in [0.25, 0.3) is 0 Å². The molecule has 0 radical (unpaired) electrons. The van der Waals surface area contributed by atoms with E-state index in [9.17, 15) is 4.79 Å². The zero-order chi connectivity index (χ0) is 18.8. The van der Waals surface area contributed by atoms with Crippen LogP contribution in [-0.4, -0.2) is 92.7 Å². The Morgan fingerprint density at radius 2 is 1.92 bits per heavy atom. The van der Waals surface area contributed by atoms with Crippen molar-refractivity contribution in [3.63, 3.8) is 0 Å². The summed E-state index contributed by atoms with van der Waals surface area (Å²) in [6.45, 7) is 8.67. The minimum atomic E-state index is -0.250. The maximum absolute atomic E-state index is 12.4. The van der Waals surface area contributed by atoms with Crippen LogP contribution in [0.2, 0.25) is 0 Å². The molecule has 3 heterocycles. The first-order valence-corrected chi connectivity index (χ1v) is 9.30. The summed E-state index contributed by atoms with van der Waals surface area (Å²) in [6.07, 6.45) is 5.82. The van der Waals surface area contributed by atoms with Crippen molar-refractivity contribution in [1.82, 2.24) is 29.9 Å². The van der Waals surface area contributed by atoms with E-state index < -0.39 is 0 Å². The molecule has 0 bridgehead atoms. The van der Waals surface area contributed by atoms with E-state index in [0.717, 1.165) is 45.0 Å². The highest BCUT2D eigenvalue weighted by Crippen LogP contribution is 2.16. The molecule has 1 aromatic heterocycles. The third-order valence-corrected chi connectivity index (χ3v) is 5.10. The molecule has 2 fully saturated rings. The number of aromatic amines is 1. The molecule has 146 valence electrons. The van der Waals surface area contributed by atoms with Crippen LogP contribution >= 0.6 is 0 Å². The average Bonchev–Trinajstić information content (AvgIpc) is 3.34. The third-order valence-electron chi connectivity index (χ3n) is 5.10. The topological polar surface area (TPSA) is 106 Å². The summed E-state index contributed by atoms with van der Waals surface area (Å²) in [5, 5.41) is 13.7. The first-order chi connectivity index (χ1) is 12.6. The zero-order valence-electron chi connectivity index (χ0n) is 15.5. The number of rotatable bonds is 6. The van der Waals surface area contributed by atoms with Gasteiger partial charge in [0.15, 0.2) is 0 Å². The van der Waals surface area contributed by atoms with Gasteiger partial charge in [-0.1, -0.05) is 0 Å². The van der Waals surface area contributed by atoms with Crippen molar-refractivity contribution in [1.29, 1.82) is 0 Å². The predicted molar refractivity (Wildman–Crippen MR) is 96.4 cm³/mol. The maximum Gasteiger partial charge on any atom is 0.290 e. The van der Waals surface area contributed by atoms with E-state index in [-0.39, 0.29) is 6.47 Å². The first kappa shape index (κ1) is 20.3. The molecule has 0 saturated carbocycles. The number of likely N-dealkylation sites (tertiary alicyclic amines) is 1. The Bertz CT molecular complexity index is 525. The molecular formula is C17H30N6O3. The molecule has 1 aromatic rings. The van der Waals surface area contributed by atoms with Gasteiger partial charge in [0.1, 0.15) is 12.2 Å². The van der Waals surface area contributed by atoms with Crippen molar-refractivity contribution < 1.29 is 14.7 Å². The van der Waals surface area contributed by atoms with Crippen LogP contribution in [0.1, 0.15) is 38.4 Å². The Morgan fingerprint density at radius 3 is 2.50 bits per heavy atom. The first-order valence-electron chi connectivity index (χ1n) is 9.30. The summed E-state index contributed by atoms with van der Waals surface area (Å²) in [5.41, 5.74) is 0. The van der Waals surface area contributed by atoms with E-state index in [1.54, 1.807) is 0 Å². The quantitative estimate of drug-likeness (QED) is 0.703. The molecule has 2 aliphatic heterocycles. The number of piperazine rings is 1. The molecule has 0 aliphatic carbocycles. The van der Waals surface area contributed by atoms with Gasteiger partial charge in [0.05, 0.1) is 6.54 Å². The number of hydrogen-bond donors (Lipinski definition) is 2. The molecule has 2 aliphatic rings. The SMILES string of the molecule is CC(CCC(=O)N1CCN(Cc2ncn[nH]2)CC1)N1CCCC1.O=CO. The van der Waals surface area contributed by atoms with E-state index >= 15 is 0 Å². The van der Waals surface area contributed by atoms with Gasteiger partial charge in [-0.05, 0) is 39.3 Å². The van der Waals surface area contributed by atoms with Crippen LogP contribution in [0.15, 0.2) is 6.33 Å². The molecule has 2 N–H and O–H groups in total. The molecule has 2 saturated heterocycles. The van der Waals surface area contributed by atoms with E-state index in [1.165, 1.54) is 32.3 Å². The fraction of sp³-hybridized carbons (Fsp3) is 0.765. The number of aromatic nitrogens is 3. The number of hydrogen-bond acceptors (Lipinski definition) is 6. The average molecular weight is 366 g/mol. The normalized spacial score (nSPS) is 19.7. The summed E-state index contributed by atoms with van der Waals surface area (Å²) in [4.78, 5) is 31.8. The number of H-pyrrole nitrogens is 1. The lowest BCUT2D eigenvalue weighted by Crippen LogP contribution is -2.48. The summed E-state index contributed by atoms with van der Waals surface area (Å²) in [5.74, 6) is 1.21. The fourth-order valence-electron chi connectivity index (χ4n) is 3.53. The fourth-order valence-corrected chi connectivity index (χ4v) is 3.53. The molecule has 1 amide bonds. The van der Waals surface area contributed by atoms with Crippen LogP contribution in [0.5, 0.6) is 0 Å². The van der Waals surface area contributed by atoms with Gasteiger partial charge in [-0.2, -0.15) is 5.10 Å². The van der Waals surface area contributed by atoms with E-state index in [2.05, 4.69) is 31.9 Å². The van der Waals surface area contributed by atoms with Crippen LogP contribution in [0.3, 0.4) is 0 Å². The summed E-state index contributed by atoms with van der Waals surface area (Å²) in [6, 6.07) is 0.536. The van der Waals surface area contributed by atoms with Crippen LogP contribution in [-0.2, 0) is 16.1 Å². The van der Waals surface area contributed by atoms with E-state index in [0.29, 0.717) is 18.4 Å². The predicted octanol–water partition coefficient (Wildman–Crippen LogP) is 0.414. The molecular weight excluding hydrogens is 336 g/mol. The minimum absolute atomic E-state index is 0.250. The van der Waals surface area contributed by atoms with E-state index in [4.69, 9.17) is 9.90 Å². The van der Waals surface area contributed by atoms with Gasteiger partial charge in [-0.3, -0.25) is 19.6 Å². The van der Waals surface area contributed by atoms with Gasteiger partial charge in [0, 0.05) is 38.6 Å². The van der Waals surface area contributed by atoms with Crippen molar-refractivity contribution in [2.75, 3.05) is 39.3 Å². The Morgan fingerprint density at radius 1 is 1.27 bits per heavy atom. The van der Waals surface area contributed by atoms with Crippen LogP contribution < -0.4 is 0 Å². The van der Waals surface area contributed by atoms with Crippen molar-refractivity contribution in [2.24, 2.45) is 0 Å². The van der Waals surface area contributed by atoms with Gasteiger partial charge in [-0.15, -0.1) is 0 Å². The third kappa shape index (κ3) is 6.38. The number of carboxylic acid groups (broad SMARTS) is 1. The van der Waals surface area contributed by atoms with Gasteiger partial charge in [-0.25, -0.2) is 4.98 Å². The van der Waals surface area contributed by atoms with Crippen molar-refractivity contribution in [2.45, 2.75) is 45.2 Å². The smallest absolute Gasteiger partial charge is 0.290 e. The lowest BCUT2D eigenvalue weighted by atomic mass is 10.1. The molecule has 1 unspecified atom stereocenters. The second kappa shape index (κ2) is 10.9. The lowest BCUT2D eigenvalue weighted by molar-refractivity contribution is -0.133. The highest BCUT2D eigenvalue weighted by Gasteiger charge is 2.23. The Hall–Kier alpha value is -2.00. The van der Waals surface area contributed by atoms with Crippen LogP contribution in [0.4, 0.5) is 0 Å². The number of carbonyl (C=O) groups is 2. The standard InChI is InChI=1S/C16H28N6O.CH2O2/c1-14(21-6-2-3-7-21)4-5-16(23)22-10-8-20(9-11-22)12-15-17-13-18-19-15;2-1-3/h13-14H,2-12H2,1H3,(H,17,18,19);1H,(H,2,3). The summed E-state index contributed by atoms with van der Waals surface area (Å²) in [7, 11) is 0. The molecule has 26 heavy (non-hydrogen) atoms. The Labute approximate surface area is 154 Å². The van der Waals surface area contributed by atoms with Gasteiger partial charge in [0.2, 0.25) is 5.91 Å². The Kier molecular flexibility index (Phi) is 8.49. The van der Waals surface area contributed by atoms with Crippen LogP contribution in [0, 0.1) is 0 Å². The summed E-state index contributed by atoms with van der Waals surface area (Å²) >= 11 is 0. The Balaban J connectivity index is 0.000000758. The molecule has 0 spiro atoms. The zero-order valence-corrected chi connectivity index (χ0v) is 15.5. The minimum Gasteiger partial charge on any atom is -0.483 e. The summed E-state index contributed by atoms with van der Waals surface area (Å²) < 4.78 is 0. The van der Waals surface area contributed by atoms with Gasteiger partial charge in [0.25, 0.3) is 6.47 Å². The van der Waals surface area contributed by atoms with Gasteiger partial charge >= 0.3 is 0 Å². The largest absolute Gasteiger partial charge is 0.483 e. The maximum atomic E-state index is 12.4. The molecule has 1 atom stereocenters. The number of nitrogens with zero attached hydrogens (tertiary/aromatic N) is 5. The van der Waals surface area contributed by atoms with Crippen molar-refractivity contribution >= 4 is 12.4 Å². The monoisotopic (exact) mass is 366 g/mol.